The molecule has 0 saturated carbocycles. The fourth-order valence-electron chi connectivity index (χ4n) is 2.79. The lowest BCUT2D eigenvalue weighted by Crippen LogP contribution is -2.11. The van der Waals surface area contributed by atoms with Crippen LogP contribution in [0, 0.1) is 0 Å². The highest BCUT2D eigenvalue weighted by atomic mass is 35.5. The van der Waals surface area contributed by atoms with E-state index in [1.165, 1.54) is 0 Å². The molecule has 0 saturated heterocycles. The number of halogens is 1. The van der Waals surface area contributed by atoms with Gasteiger partial charge in [-0.05, 0) is 67.4 Å². The van der Waals surface area contributed by atoms with Gasteiger partial charge in [0.25, 0.3) is 0 Å². The molecule has 0 unspecified atom stereocenters. The highest BCUT2D eigenvalue weighted by Crippen LogP contribution is 2.37. The first-order chi connectivity index (χ1) is 15.0. The van der Waals surface area contributed by atoms with Gasteiger partial charge in [-0.2, -0.15) is 0 Å². The summed E-state index contributed by atoms with van der Waals surface area (Å²) in [4.78, 5) is 4.52. The van der Waals surface area contributed by atoms with E-state index in [1.807, 2.05) is 67.6 Å². The summed E-state index contributed by atoms with van der Waals surface area (Å²) in [5, 5.41) is 0.488. The molecule has 3 rings (SSSR count). The summed E-state index contributed by atoms with van der Waals surface area (Å²) in [6.45, 7) is 4.05. The zero-order valence-electron chi connectivity index (χ0n) is 18.1. The van der Waals surface area contributed by atoms with Crippen LogP contribution in [0.4, 0.5) is 5.69 Å². The maximum Gasteiger partial charge on any atom is 0.180 e. The van der Waals surface area contributed by atoms with Gasteiger partial charge >= 0.3 is 0 Å². The van der Waals surface area contributed by atoms with E-state index < -0.39 is 0 Å². The Morgan fingerprint density at radius 1 is 0.935 bits per heavy atom. The predicted octanol–water partition coefficient (Wildman–Crippen LogP) is 7.08. The van der Waals surface area contributed by atoms with Gasteiger partial charge in [-0.3, -0.25) is 4.99 Å². The van der Waals surface area contributed by atoms with Crippen LogP contribution >= 0.6 is 11.6 Å². The van der Waals surface area contributed by atoms with E-state index in [4.69, 9.17) is 30.5 Å². The van der Waals surface area contributed by atoms with Crippen molar-refractivity contribution in [2.24, 2.45) is 4.99 Å². The number of nitrogens with zero attached hydrogens (tertiary/aromatic N) is 1. The quantitative estimate of drug-likeness (QED) is 0.334. The molecule has 0 N–H and O–H groups in total. The zero-order valence-corrected chi connectivity index (χ0v) is 18.8. The number of para-hydroxylation sites is 2. The molecule has 0 heterocycles. The van der Waals surface area contributed by atoms with E-state index >= 15 is 0 Å². The van der Waals surface area contributed by atoms with Crippen molar-refractivity contribution in [3.63, 3.8) is 0 Å². The molecule has 0 spiro atoms. The summed E-state index contributed by atoms with van der Waals surface area (Å²) in [7, 11) is 3.21. The van der Waals surface area contributed by atoms with Crippen LogP contribution in [-0.2, 0) is 0 Å². The number of aliphatic imine (C=N–C) groups is 1. The second-order valence-corrected chi connectivity index (χ2v) is 7.28. The second-order valence-electron chi connectivity index (χ2n) is 6.88. The average molecular weight is 440 g/mol. The van der Waals surface area contributed by atoms with Gasteiger partial charge in [-0.25, -0.2) is 0 Å². The molecule has 6 heteroatoms. The van der Waals surface area contributed by atoms with E-state index in [-0.39, 0.29) is 6.10 Å². The molecule has 0 aliphatic heterocycles. The van der Waals surface area contributed by atoms with Crippen LogP contribution in [0.5, 0.6) is 28.7 Å². The number of hydrogen-bond donors (Lipinski definition) is 0. The monoisotopic (exact) mass is 439 g/mol. The molecule has 3 aromatic rings. The third-order valence-corrected chi connectivity index (χ3v) is 4.92. The van der Waals surface area contributed by atoms with Crippen molar-refractivity contribution >= 4 is 23.5 Å². The molecule has 162 valence electrons. The van der Waals surface area contributed by atoms with Gasteiger partial charge in [-0.15, -0.1) is 0 Å². The van der Waals surface area contributed by atoms with Gasteiger partial charge < -0.3 is 18.9 Å². The normalized spacial score (nSPS) is 11.9. The maximum atomic E-state index is 6.43. The van der Waals surface area contributed by atoms with E-state index in [2.05, 4.69) is 11.9 Å². The summed E-state index contributed by atoms with van der Waals surface area (Å²) in [5.41, 5.74) is 1.59. The number of rotatable bonds is 9. The lowest BCUT2D eigenvalue weighted by Gasteiger charge is -2.17. The molecule has 1 atom stereocenters. The van der Waals surface area contributed by atoms with Crippen LogP contribution in [0.25, 0.3) is 0 Å². The average Bonchev–Trinajstić information content (AvgIpc) is 2.80. The van der Waals surface area contributed by atoms with Crippen LogP contribution in [0.15, 0.2) is 65.7 Å². The Bertz CT molecular complexity index is 1030. The first-order valence-corrected chi connectivity index (χ1v) is 10.4. The van der Waals surface area contributed by atoms with Gasteiger partial charge in [0, 0.05) is 6.21 Å². The largest absolute Gasteiger partial charge is 0.493 e. The van der Waals surface area contributed by atoms with Gasteiger partial charge in [0.2, 0.25) is 0 Å². The van der Waals surface area contributed by atoms with Crippen molar-refractivity contribution in [2.45, 2.75) is 26.4 Å². The Morgan fingerprint density at radius 2 is 1.61 bits per heavy atom. The number of ether oxygens (including phenoxy) is 4. The minimum absolute atomic E-state index is 0.0440. The van der Waals surface area contributed by atoms with Gasteiger partial charge in [-0.1, -0.05) is 30.7 Å². The summed E-state index contributed by atoms with van der Waals surface area (Å²) < 4.78 is 22.6. The Hall–Kier alpha value is -3.18. The molecule has 0 aliphatic carbocycles. The highest BCUT2D eigenvalue weighted by Gasteiger charge is 2.14. The van der Waals surface area contributed by atoms with Crippen LogP contribution in [0.3, 0.4) is 0 Å². The molecule has 3 aromatic carbocycles. The summed E-state index contributed by atoms with van der Waals surface area (Å²) in [6.07, 6.45) is 2.65. The minimum Gasteiger partial charge on any atom is -0.493 e. The Morgan fingerprint density at radius 3 is 2.26 bits per heavy atom. The summed E-state index contributed by atoms with van der Waals surface area (Å²) in [5.74, 6) is 3.15. The smallest absolute Gasteiger partial charge is 0.180 e. The van der Waals surface area contributed by atoms with E-state index in [0.29, 0.717) is 33.8 Å². The molecule has 0 bridgehead atoms. The summed E-state index contributed by atoms with van der Waals surface area (Å²) in [6, 6.07) is 18.6. The molecule has 0 amide bonds. The SMILES string of the molecule is CC[C@H](C)Oc1c(Cl)cc(C=Nc2ccc(Oc3ccccc3OC)cc2)cc1OC. The number of methoxy groups -OCH3 is 2. The predicted molar refractivity (Wildman–Crippen MR) is 125 cm³/mol. The Kier molecular flexibility index (Phi) is 7.79. The molecular weight excluding hydrogens is 414 g/mol. The van der Waals surface area contributed by atoms with Crippen molar-refractivity contribution in [3.8, 4) is 28.7 Å². The first-order valence-electron chi connectivity index (χ1n) is 10.0. The maximum absolute atomic E-state index is 6.43. The van der Waals surface area contributed by atoms with Crippen LogP contribution in [0.1, 0.15) is 25.8 Å². The molecule has 0 aromatic heterocycles. The van der Waals surface area contributed by atoms with Crippen molar-refractivity contribution in [1.82, 2.24) is 0 Å². The summed E-state index contributed by atoms with van der Waals surface area (Å²) >= 11 is 6.43. The fraction of sp³-hybridized carbons (Fsp3) is 0.240. The van der Waals surface area contributed by atoms with E-state index in [1.54, 1.807) is 20.4 Å². The molecule has 5 nitrogen and oxygen atoms in total. The lowest BCUT2D eigenvalue weighted by atomic mass is 10.2. The van der Waals surface area contributed by atoms with E-state index in [9.17, 15) is 0 Å². The van der Waals surface area contributed by atoms with Crippen molar-refractivity contribution in [1.29, 1.82) is 0 Å². The van der Waals surface area contributed by atoms with E-state index in [0.717, 1.165) is 17.7 Å². The molecule has 0 fully saturated rings. The van der Waals surface area contributed by atoms with Crippen LogP contribution < -0.4 is 18.9 Å². The van der Waals surface area contributed by atoms with Crippen molar-refractivity contribution in [3.05, 3.63) is 71.2 Å². The second kappa shape index (κ2) is 10.7. The van der Waals surface area contributed by atoms with Crippen molar-refractivity contribution < 1.29 is 18.9 Å². The number of benzene rings is 3. The standard InChI is InChI=1S/C25H26ClNO4/c1-5-17(2)30-25-21(26)14-18(15-24(25)29-4)16-27-19-10-12-20(13-11-19)31-23-9-7-6-8-22(23)28-3/h6-17H,5H2,1-4H3/t17-/m0/s1. The topological polar surface area (TPSA) is 49.3 Å². The molecule has 0 aliphatic rings. The molecule has 31 heavy (non-hydrogen) atoms. The third-order valence-electron chi connectivity index (χ3n) is 4.64. The van der Waals surface area contributed by atoms with Crippen molar-refractivity contribution in [2.75, 3.05) is 14.2 Å². The highest BCUT2D eigenvalue weighted by molar-refractivity contribution is 6.32. The Labute approximate surface area is 188 Å². The van der Waals surface area contributed by atoms with Gasteiger partial charge in [0.05, 0.1) is 31.0 Å². The lowest BCUT2D eigenvalue weighted by molar-refractivity contribution is 0.208. The Balaban J connectivity index is 1.74. The molecular formula is C25H26ClNO4. The number of hydrogen-bond acceptors (Lipinski definition) is 5. The van der Waals surface area contributed by atoms with Crippen LogP contribution in [0.2, 0.25) is 5.02 Å². The minimum atomic E-state index is 0.0440. The zero-order chi connectivity index (χ0) is 22.2. The third kappa shape index (κ3) is 5.92. The van der Waals surface area contributed by atoms with Crippen LogP contribution in [-0.4, -0.2) is 26.5 Å². The van der Waals surface area contributed by atoms with Gasteiger partial charge in [0.1, 0.15) is 5.75 Å². The first kappa shape index (κ1) is 22.5. The fourth-order valence-corrected chi connectivity index (χ4v) is 3.06. The van der Waals surface area contributed by atoms with Gasteiger partial charge in [0.15, 0.2) is 23.0 Å². The molecule has 0 radical (unpaired) electrons.